The highest BCUT2D eigenvalue weighted by Crippen LogP contribution is 2.17. The van der Waals surface area contributed by atoms with E-state index >= 15 is 0 Å². The van der Waals surface area contributed by atoms with Crippen LogP contribution in [0.2, 0.25) is 0 Å². The van der Waals surface area contributed by atoms with Gasteiger partial charge in [0, 0.05) is 23.6 Å². The molecule has 0 saturated carbocycles. The van der Waals surface area contributed by atoms with Crippen LogP contribution in [0, 0.1) is 0 Å². The van der Waals surface area contributed by atoms with Gasteiger partial charge in [-0.15, -0.1) is 0 Å². The van der Waals surface area contributed by atoms with Crippen molar-refractivity contribution in [3.8, 4) is 5.69 Å². The monoisotopic (exact) mass is 384 g/mol. The van der Waals surface area contributed by atoms with Crippen molar-refractivity contribution in [3.05, 3.63) is 78.4 Å². The van der Waals surface area contributed by atoms with Crippen molar-refractivity contribution in [2.75, 3.05) is 7.05 Å². The summed E-state index contributed by atoms with van der Waals surface area (Å²) >= 11 is 0. The third-order valence-corrected chi connectivity index (χ3v) is 5.63. The second-order valence-corrected chi connectivity index (χ2v) is 7.88. The van der Waals surface area contributed by atoms with E-state index in [-0.39, 0.29) is 22.4 Å². The molecular weight excluding hydrogens is 364 g/mol. The molecular formula is C19H20N4O3S. The Morgan fingerprint density at radius 1 is 1.15 bits per heavy atom. The molecule has 0 saturated heterocycles. The maximum atomic E-state index is 12.5. The Hall–Kier alpha value is -2.97. The largest absolute Gasteiger partial charge is 0.346 e. The molecule has 7 nitrogen and oxygen atoms in total. The Labute approximate surface area is 158 Å². The Morgan fingerprint density at radius 2 is 1.89 bits per heavy atom. The minimum atomic E-state index is -3.60. The number of sulfonamides is 1. The maximum Gasteiger partial charge on any atom is 0.251 e. The van der Waals surface area contributed by atoms with Gasteiger partial charge in [-0.3, -0.25) is 4.79 Å². The van der Waals surface area contributed by atoms with Crippen molar-refractivity contribution >= 4 is 15.9 Å². The second-order valence-electron chi connectivity index (χ2n) is 5.99. The Morgan fingerprint density at radius 3 is 2.52 bits per heavy atom. The summed E-state index contributed by atoms with van der Waals surface area (Å²) in [6.45, 7) is 1.87. The van der Waals surface area contributed by atoms with Crippen LogP contribution in [0.15, 0.2) is 72.1 Å². The molecule has 0 radical (unpaired) electrons. The lowest BCUT2D eigenvalue weighted by Crippen LogP contribution is -2.27. The van der Waals surface area contributed by atoms with Crippen LogP contribution >= 0.6 is 0 Å². The molecule has 0 spiro atoms. The molecule has 0 aliphatic heterocycles. The topological polar surface area (TPSA) is 93.1 Å². The number of hydrogen-bond acceptors (Lipinski definition) is 4. The summed E-state index contributed by atoms with van der Waals surface area (Å²) in [6.07, 6.45) is 5.28. The summed E-state index contributed by atoms with van der Waals surface area (Å²) in [6, 6.07) is 13.4. The molecule has 140 valence electrons. The lowest BCUT2D eigenvalue weighted by Gasteiger charge is -2.15. The van der Waals surface area contributed by atoms with E-state index in [1.54, 1.807) is 24.7 Å². The van der Waals surface area contributed by atoms with Crippen molar-refractivity contribution in [2.24, 2.45) is 0 Å². The minimum Gasteiger partial charge on any atom is -0.346 e. The first-order valence-electron chi connectivity index (χ1n) is 8.33. The zero-order valence-electron chi connectivity index (χ0n) is 15.0. The van der Waals surface area contributed by atoms with E-state index in [0.717, 1.165) is 11.3 Å². The van der Waals surface area contributed by atoms with E-state index < -0.39 is 10.0 Å². The predicted molar refractivity (Wildman–Crippen MR) is 102 cm³/mol. The van der Waals surface area contributed by atoms with Gasteiger partial charge in [0.2, 0.25) is 10.0 Å². The van der Waals surface area contributed by atoms with Gasteiger partial charge in [-0.1, -0.05) is 18.2 Å². The van der Waals surface area contributed by atoms with Crippen LogP contribution in [0.4, 0.5) is 0 Å². The fraction of sp³-hybridized carbons (Fsp3) is 0.158. The summed E-state index contributed by atoms with van der Waals surface area (Å²) in [5, 5.41) is 2.89. The van der Waals surface area contributed by atoms with Crippen molar-refractivity contribution in [3.63, 3.8) is 0 Å². The van der Waals surface area contributed by atoms with Crippen LogP contribution in [0.5, 0.6) is 0 Å². The quantitative estimate of drug-likeness (QED) is 0.682. The Kier molecular flexibility index (Phi) is 5.38. The van der Waals surface area contributed by atoms with Crippen molar-refractivity contribution in [1.82, 2.24) is 19.6 Å². The predicted octanol–water partition coefficient (Wildman–Crippen LogP) is 2.27. The first-order chi connectivity index (χ1) is 12.9. The molecule has 0 unspecified atom stereocenters. The average Bonchev–Trinajstić information content (AvgIpc) is 3.23. The van der Waals surface area contributed by atoms with Gasteiger partial charge in [0.15, 0.2) is 0 Å². The molecule has 1 atom stereocenters. The summed E-state index contributed by atoms with van der Waals surface area (Å²) < 4.78 is 27.9. The number of carbonyl (C=O) groups excluding carboxylic acids is 1. The van der Waals surface area contributed by atoms with Crippen LogP contribution in [-0.4, -0.2) is 30.9 Å². The number of nitrogens with zero attached hydrogens (tertiary/aromatic N) is 2. The van der Waals surface area contributed by atoms with E-state index in [0.29, 0.717) is 0 Å². The third-order valence-electron chi connectivity index (χ3n) is 4.22. The van der Waals surface area contributed by atoms with Crippen LogP contribution in [0.25, 0.3) is 5.69 Å². The third kappa shape index (κ3) is 4.24. The smallest absolute Gasteiger partial charge is 0.251 e. The lowest BCUT2D eigenvalue weighted by molar-refractivity contribution is 0.0939. The van der Waals surface area contributed by atoms with Crippen molar-refractivity contribution in [1.29, 1.82) is 0 Å². The molecule has 8 heteroatoms. The molecule has 1 aromatic heterocycles. The molecule has 1 amide bonds. The number of nitrogens with one attached hydrogen (secondary N) is 2. The standard InChI is InChI=1S/C19H20N4O3S/c1-14(15-6-8-17(9-7-15)23-11-10-21-13-23)22-19(24)16-4-3-5-18(12-16)27(25,26)20-2/h3-14,20H,1-2H3,(H,22,24)/t14-/m0/s1. The molecule has 0 aliphatic rings. The number of hydrogen-bond donors (Lipinski definition) is 2. The lowest BCUT2D eigenvalue weighted by atomic mass is 10.1. The molecule has 3 rings (SSSR count). The van der Waals surface area contributed by atoms with Crippen LogP contribution in [0.3, 0.4) is 0 Å². The molecule has 2 N–H and O–H groups in total. The number of carbonyl (C=O) groups is 1. The highest BCUT2D eigenvalue weighted by molar-refractivity contribution is 7.89. The summed E-state index contributed by atoms with van der Waals surface area (Å²) in [5.74, 6) is -0.339. The molecule has 3 aromatic rings. The summed E-state index contributed by atoms with van der Waals surface area (Å²) in [5.41, 5.74) is 2.19. The van der Waals surface area contributed by atoms with Gasteiger partial charge in [0.1, 0.15) is 0 Å². The van der Waals surface area contributed by atoms with Gasteiger partial charge in [-0.2, -0.15) is 0 Å². The SMILES string of the molecule is CNS(=O)(=O)c1cccc(C(=O)N[C@@H](C)c2ccc(-n3ccnc3)cc2)c1. The molecule has 2 aromatic carbocycles. The maximum absolute atomic E-state index is 12.5. The van der Waals surface area contributed by atoms with E-state index in [9.17, 15) is 13.2 Å². The molecule has 0 aliphatic carbocycles. The number of aromatic nitrogens is 2. The first-order valence-corrected chi connectivity index (χ1v) is 9.82. The van der Waals surface area contributed by atoms with Gasteiger partial charge in [0.25, 0.3) is 5.91 Å². The second kappa shape index (κ2) is 7.73. The number of benzene rings is 2. The number of rotatable bonds is 6. The molecule has 0 bridgehead atoms. The zero-order chi connectivity index (χ0) is 19.4. The van der Waals surface area contributed by atoms with Gasteiger partial charge >= 0.3 is 0 Å². The van der Waals surface area contributed by atoms with E-state index in [1.807, 2.05) is 42.0 Å². The van der Waals surface area contributed by atoms with Gasteiger partial charge in [0.05, 0.1) is 17.3 Å². The Bertz CT molecular complexity index is 1030. The van der Waals surface area contributed by atoms with E-state index in [4.69, 9.17) is 0 Å². The molecule has 27 heavy (non-hydrogen) atoms. The van der Waals surface area contributed by atoms with Crippen LogP contribution in [-0.2, 0) is 10.0 Å². The number of imidazole rings is 1. The van der Waals surface area contributed by atoms with Gasteiger partial charge in [-0.25, -0.2) is 18.1 Å². The highest BCUT2D eigenvalue weighted by Gasteiger charge is 2.16. The van der Waals surface area contributed by atoms with Crippen molar-refractivity contribution in [2.45, 2.75) is 17.9 Å². The van der Waals surface area contributed by atoms with Gasteiger partial charge in [-0.05, 0) is 49.9 Å². The normalized spacial score (nSPS) is 12.5. The summed E-state index contributed by atoms with van der Waals surface area (Å²) in [7, 11) is -2.27. The minimum absolute atomic E-state index is 0.0509. The summed E-state index contributed by atoms with van der Waals surface area (Å²) in [4.78, 5) is 16.6. The Balaban J connectivity index is 1.73. The zero-order valence-corrected chi connectivity index (χ0v) is 15.8. The fourth-order valence-electron chi connectivity index (χ4n) is 2.63. The highest BCUT2D eigenvalue weighted by atomic mass is 32.2. The van der Waals surface area contributed by atoms with Gasteiger partial charge < -0.3 is 9.88 Å². The fourth-order valence-corrected chi connectivity index (χ4v) is 3.41. The van der Waals surface area contributed by atoms with Crippen LogP contribution < -0.4 is 10.0 Å². The van der Waals surface area contributed by atoms with Crippen molar-refractivity contribution < 1.29 is 13.2 Å². The van der Waals surface area contributed by atoms with E-state index in [1.165, 1.54) is 19.2 Å². The average molecular weight is 384 g/mol. The van der Waals surface area contributed by atoms with E-state index in [2.05, 4.69) is 15.0 Å². The molecule has 1 heterocycles. The number of amides is 1. The van der Waals surface area contributed by atoms with Crippen LogP contribution in [0.1, 0.15) is 28.9 Å². The first kappa shape index (κ1) is 18.8. The molecule has 0 fully saturated rings.